The lowest BCUT2D eigenvalue weighted by Crippen LogP contribution is -2.39. The fourth-order valence-corrected chi connectivity index (χ4v) is 4.23. The minimum absolute atomic E-state index is 0.0804. The Kier molecular flexibility index (Phi) is 4.68. The zero-order valence-corrected chi connectivity index (χ0v) is 15.2. The average Bonchev–Trinajstić information content (AvgIpc) is 3.34. The summed E-state index contributed by atoms with van der Waals surface area (Å²) >= 11 is 0. The van der Waals surface area contributed by atoms with Crippen LogP contribution in [0, 0.1) is 0 Å². The normalized spacial score (nSPS) is 22.0. The van der Waals surface area contributed by atoms with Crippen LogP contribution in [0.3, 0.4) is 0 Å². The molecule has 6 heteroatoms. The lowest BCUT2D eigenvalue weighted by atomic mass is 10.0. The molecule has 6 nitrogen and oxygen atoms in total. The zero-order chi connectivity index (χ0) is 18.1. The number of likely N-dealkylation sites (tertiary alicyclic amines) is 1. The molecular formula is C20H26N4O2. The van der Waals surface area contributed by atoms with Crippen LogP contribution >= 0.6 is 0 Å². The molecular weight excluding hydrogens is 328 g/mol. The van der Waals surface area contributed by atoms with Gasteiger partial charge in [-0.25, -0.2) is 0 Å². The molecule has 26 heavy (non-hydrogen) atoms. The van der Waals surface area contributed by atoms with Gasteiger partial charge in [0.05, 0.1) is 25.1 Å². The van der Waals surface area contributed by atoms with E-state index in [0.29, 0.717) is 25.3 Å². The van der Waals surface area contributed by atoms with Gasteiger partial charge in [-0.1, -0.05) is 18.2 Å². The van der Waals surface area contributed by atoms with Crippen molar-refractivity contribution in [2.75, 3.05) is 19.4 Å². The van der Waals surface area contributed by atoms with E-state index < -0.39 is 0 Å². The summed E-state index contributed by atoms with van der Waals surface area (Å²) in [5, 5.41) is 4.26. The average molecular weight is 354 g/mol. The number of aromatic nitrogens is 2. The molecule has 1 aromatic carbocycles. The van der Waals surface area contributed by atoms with Crippen LogP contribution in [-0.2, 0) is 35.3 Å². The van der Waals surface area contributed by atoms with Crippen LogP contribution in [0.1, 0.15) is 29.5 Å². The third-order valence-electron chi connectivity index (χ3n) is 5.61. The number of nitrogens with two attached hydrogens (primary N) is 1. The van der Waals surface area contributed by atoms with Crippen molar-refractivity contribution in [3.05, 3.63) is 47.2 Å². The highest BCUT2D eigenvalue weighted by molar-refractivity contribution is 5.79. The van der Waals surface area contributed by atoms with Crippen LogP contribution in [-0.4, -0.2) is 46.4 Å². The van der Waals surface area contributed by atoms with Crippen LogP contribution in [0.25, 0.3) is 0 Å². The maximum Gasteiger partial charge on any atom is 0.227 e. The van der Waals surface area contributed by atoms with Crippen molar-refractivity contribution >= 4 is 11.7 Å². The minimum Gasteiger partial charge on any atom is -0.382 e. The Morgan fingerprint density at radius 2 is 2.15 bits per heavy atom. The third-order valence-corrected chi connectivity index (χ3v) is 5.61. The van der Waals surface area contributed by atoms with Gasteiger partial charge in [0.1, 0.15) is 5.82 Å². The van der Waals surface area contributed by atoms with Crippen molar-refractivity contribution in [1.82, 2.24) is 14.7 Å². The van der Waals surface area contributed by atoms with Crippen molar-refractivity contribution < 1.29 is 9.53 Å². The standard InChI is InChI=1S/C20H26N4O2/c1-26-18-11-17(12-23-8-7-19(21)22-23)24(13-18)20(25)10-14-5-6-15-3-2-4-16(15)9-14/h5-9,17-18H,2-4,10-13H2,1H3,(H2,21,22)/t17-,18+/m0/s1. The third kappa shape index (κ3) is 3.46. The Morgan fingerprint density at radius 3 is 2.92 bits per heavy atom. The number of hydrogen-bond acceptors (Lipinski definition) is 4. The Bertz CT molecular complexity index is 801. The van der Waals surface area contributed by atoms with E-state index in [-0.39, 0.29) is 18.1 Å². The fraction of sp³-hybridized carbons (Fsp3) is 0.500. The molecule has 0 saturated carbocycles. The van der Waals surface area contributed by atoms with Crippen molar-refractivity contribution in [3.8, 4) is 0 Å². The number of carbonyl (C=O) groups excluding carboxylic acids is 1. The van der Waals surface area contributed by atoms with Gasteiger partial charge in [-0.2, -0.15) is 5.10 Å². The molecule has 0 unspecified atom stereocenters. The number of hydrogen-bond donors (Lipinski definition) is 1. The van der Waals surface area contributed by atoms with Gasteiger partial charge in [0.25, 0.3) is 0 Å². The molecule has 2 N–H and O–H groups in total. The van der Waals surface area contributed by atoms with Gasteiger partial charge in [0.15, 0.2) is 0 Å². The van der Waals surface area contributed by atoms with E-state index in [1.165, 1.54) is 24.0 Å². The van der Waals surface area contributed by atoms with Gasteiger partial charge >= 0.3 is 0 Å². The van der Waals surface area contributed by atoms with Crippen molar-refractivity contribution in [2.24, 2.45) is 0 Å². The second-order valence-electron chi connectivity index (χ2n) is 7.39. The summed E-state index contributed by atoms with van der Waals surface area (Å²) in [5.41, 5.74) is 9.67. The summed E-state index contributed by atoms with van der Waals surface area (Å²) in [7, 11) is 1.71. The van der Waals surface area contributed by atoms with Crippen molar-refractivity contribution in [1.29, 1.82) is 0 Å². The van der Waals surface area contributed by atoms with E-state index in [0.717, 1.165) is 18.4 Å². The number of rotatable bonds is 5. The topological polar surface area (TPSA) is 73.4 Å². The Morgan fingerprint density at radius 1 is 1.31 bits per heavy atom. The van der Waals surface area contributed by atoms with Crippen molar-refractivity contribution in [2.45, 2.75) is 50.8 Å². The summed E-state index contributed by atoms with van der Waals surface area (Å²) in [6.07, 6.45) is 6.74. The van der Waals surface area contributed by atoms with Crippen molar-refractivity contribution in [3.63, 3.8) is 0 Å². The predicted molar refractivity (Wildman–Crippen MR) is 99.7 cm³/mol. The molecule has 1 saturated heterocycles. The first kappa shape index (κ1) is 17.1. The highest BCUT2D eigenvalue weighted by Crippen LogP contribution is 2.25. The smallest absolute Gasteiger partial charge is 0.227 e. The first-order valence-corrected chi connectivity index (χ1v) is 9.34. The molecule has 1 aliphatic carbocycles. The second kappa shape index (κ2) is 7.11. The lowest BCUT2D eigenvalue weighted by Gasteiger charge is -2.24. The Balaban J connectivity index is 1.47. The molecule has 2 atom stereocenters. The molecule has 1 fully saturated rings. The number of amides is 1. The lowest BCUT2D eigenvalue weighted by molar-refractivity contribution is -0.131. The van der Waals surface area contributed by atoms with E-state index in [9.17, 15) is 4.79 Å². The summed E-state index contributed by atoms with van der Waals surface area (Å²) in [4.78, 5) is 15.0. The van der Waals surface area contributed by atoms with E-state index in [1.54, 1.807) is 13.2 Å². The highest BCUT2D eigenvalue weighted by Gasteiger charge is 2.35. The molecule has 2 aliphatic rings. The largest absolute Gasteiger partial charge is 0.382 e. The van der Waals surface area contributed by atoms with Gasteiger partial charge in [-0.3, -0.25) is 9.48 Å². The molecule has 138 valence electrons. The second-order valence-corrected chi connectivity index (χ2v) is 7.39. The summed E-state index contributed by atoms with van der Waals surface area (Å²) in [6, 6.07) is 8.37. The monoisotopic (exact) mass is 354 g/mol. The van der Waals surface area contributed by atoms with Crippen LogP contribution in [0.2, 0.25) is 0 Å². The number of anilines is 1. The van der Waals surface area contributed by atoms with Gasteiger partial charge in [-0.15, -0.1) is 0 Å². The molecule has 1 amide bonds. The number of benzene rings is 1. The molecule has 1 aromatic heterocycles. The number of nitrogens with zero attached hydrogens (tertiary/aromatic N) is 3. The van der Waals surface area contributed by atoms with Gasteiger partial charge in [-0.05, 0) is 48.4 Å². The van der Waals surface area contributed by atoms with Crippen LogP contribution in [0.5, 0.6) is 0 Å². The maximum absolute atomic E-state index is 13.0. The first-order valence-electron chi connectivity index (χ1n) is 9.34. The Hall–Kier alpha value is -2.34. The molecule has 0 bridgehead atoms. The molecule has 1 aliphatic heterocycles. The first-order chi connectivity index (χ1) is 12.6. The number of nitrogen functional groups attached to an aromatic ring is 1. The Labute approximate surface area is 153 Å². The molecule has 2 aromatic rings. The predicted octanol–water partition coefficient (Wildman–Crippen LogP) is 1.81. The van der Waals surface area contributed by atoms with Crippen LogP contribution in [0.4, 0.5) is 5.82 Å². The number of fused-ring (bicyclic) bond motifs is 1. The molecule has 4 rings (SSSR count). The number of ether oxygens (including phenoxy) is 1. The van der Waals surface area contributed by atoms with E-state index in [1.807, 2.05) is 15.8 Å². The summed E-state index contributed by atoms with van der Waals surface area (Å²) < 4.78 is 7.34. The molecule has 0 radical (unpaired) electrons. The van der Waals surface area contributed by atoms with Gasteiger partial charge in [0.2, 0.25) is 5.91 Å². The SMILES string of the molecule is CO[C@@H]1C[C@@H](Cn2ccc(N)n2)N(C(=O)Cc2ccc3c(c2)CCC3)C1. The summed E-state index contributed by atoms with van der Waals surface area (Å²) in [6.45, 7) is 1.29. The quantitative estimate of drug-likeness (QED) is 0.889. The number of carbonyl (C=O) groups is 1. The van der Waals surface area contributed by atoms with E-state index >= 15 is 0 Å². The van der Waals surface area contributed by atoms with E-state index in [2.05, 4.69) is 23.3 Å². The minimum atomic E-state index is 0.0804. The van der Waals surface area contributed by atoms with E-state index in [4.69, 9.17) is 10.5 Å². The summed E-state index contributed by atoms with van der Waals surface area (Å²) in [5.74, 6) is 0.662. The fourth-order valence-electron chi connectivity index (χ4n) is 4.23. The maximum atomic E-state index is 13.0. The van der Waals surface area contributed by atoms with Gasteiger partial charge in [0, 0.05) is 19.9 Å². The zero-order valence-electron chi connectivity index (χ0n) is 15.2. The molecule has 0 spiro atoms. The highest BCUT2D eigenvalue weighted by atomic mass is 16.5. The van der Waals surface area contributed by atoms with Crippen LogP contribution < -0.4 is 5.73 Å². The van der Waals surface area contributed by atoms with Crippen LogP contribution in [0.15, 0.2) is 30.5 Å². The van der Waals surface area contributed by atoms with Gasteiger partial charge < -0.3 is 15.4 Å². The number of methoxy groups -OCH3 is 1. The number of aryl methyl sites for hydroxylation is 2. The molecule has 2 heterocycles.